The van der Waals surface area contributed by atoms with E-state index >= 15 is 0 Å². The zero-order chi connectivity index (χ0) is 20.4. The molecule has 0 spiro atoms. The molecule has 1 saturated heterocycles. The Bertz CT molecular complexity index is 971. The summed E-state index contributed by atoms with van der Waals surface area (Å²) in [4.78, 5) is 26.1. The number of thioether (sulfide) groups is 1. The van der Waals surface area contributed by atoms with E-state index in [9.17, 15) is 9.59 Å². The van der Waals surface area contributed by atoms with Crippen molar-refractivity contribution in [2.75, 3.05) is 6.54 Å². The number of nitrogens with zero attached hydrogens (tertiary/aromatic N) is 1. The van der Waals surface area contributed by atoms with E-state index < -0.39 is 5.97 Å². The largest absolute Gasteiger partial charge is 0.478 e. The fourth-order valence-corrected chi connectivity index (χ4v) is 5.03. The van der Waals surface area contributed by atoms with Crippen LogP contribution in [0.25, 0.3) is 17.4 Å². The number of rotatable bonds is 5. The van der Waals surface area contributed by atoms with Crippen LogP contribution in [0.2, 0.25) is 0 Å². The maximum Gasteiger partial charge on any atom is 0.335 e. The van der Waals surface area contributed by atoms with Gasteiger partial charge in [0.25, 0.3) is 5.91 Å². The average molecular weight is 428 g/mol. The van der Waals surface area contributed by atoms with E-state index in [2.05, 4.69) is 0 Å². The van der Waals surface area contributed by atoms with Gasteiger partial charge in [-0.2, -0.15) is 0 Å². The van der Waals surface area contributed by atoms with Gasteiger partial charge < -0.3 is 9.52 Å². The van der Waals surface area contributed by atoms with E-state index in [0.29, 0.717) is 33.2 Å². The van der Waals surface area contributed by atoms with Crippen molar-refractivity contribution in [3.63, 3.8) is 0 Å². The Kier molecular flexibility index (Phi) is 5.87. The number of furan rings is 1. The van der Waals surface area contributed by atoms with Gasteiger partial charge in [0, 0.05) is 18.2 Å². The lowest BCUT2D eigenvalue weighted by molar-refractivity contribution is -0.122. The SMILES string of the molecule is O=C(O)c1ccc(-c2ccc(/C=C3\SC(=S)N(CC4CCCCC4)C3=O)o2)cc1. The van der Waals surface area contributed by atoms with Crippen molar-refractivity contribution < 1.29 is 19.1 Å². The Labute approximate surface area is 178 Å². The molecule has 7 heteroatoms. The van der Waals surface area contributed by atoms with Gasteiger partial charge in [-0.3, -0.25) is 9.69 Å². The summed E-state index contributed by atoms with van der Waals surface area (Å²) in [6, 6.07) is 10.1. The van der Waals surface area contributed by atoms with Gasteiger partial charge in [-0.05, 0) is 43.0 Å². The van der Waals surface area contributed by atoms with Gasteiger partial charge in [0.05, 0.1) is 10.5 Å². The van der Waals surface area contributed by atoms with E-state index in [1.165, 1.54) is 43.2 Å². The molecule has 2 aromatic rings. The van der Waals surface area contributed by atoms with Crippen LogP contribution in [0.15, 0.2) is 45.7 Å². The van der Waals surface area contributed by atoms with E-state index in [1.807, 2.05) is 6.07 Å². The molecule has 4 rings (SSSR count). The van der Waals surface area contributed by atoms with E-state index in [-0.39, 0.29) is 11.5 Å². The molecule has 0 radical (unpaired) electrons. The second kappa shape index (κ2) is 8.55. The monoisotopic (exact) mass is 427 g/mol. The minimum absolute atomic E-state index is 0.0469. The molecule has 2 heterocycles. The van der Waals surface area contributed by atoms with Crippen LogP contribution in [0.3, 0.4) is 0 Å². The van der Waals surface area contributed by atoms with Gasteiger partial charge in [0.15, 0.2) is 0 Å². The highest BCUT2D eigenvalue weighted by Crippen LogP contribution is 2.35. The van der Waals surface area contributed by atoms with Crippen LogP contribution in [-0.4, -0.2) is 32.7 Å². The smallest absolute Gasteiger partial charge is 0.335 e. The quantitative estimate of drug-likeness (QED) is 0.507. The molecule has 1 amide bonds. The number of benzene rings is 1. The number of thiocarbonyl (C=S) groups is 1. The summed E-state index contributed by atoms with van der Waals surface area (Å²) in [7, 11) is 0. The Morgan fingerprint density at radius 3 is 2.59 bits per heavy atom. The summed E-state index contributed by atoms with van der Waals surface area (Å²) in [5.74, 6) is 0.710. The summed E-state index contributed by atoms with van der Waals surface area (Å²) in [6.07, 6.45) is 7.82. The van der Waals surface area contributed by atoms with Crippen molar-refractivity contribution in [2.24, 2.45) is 5.92 Å². The molecule has 5 nitrogen and oxygen atoms in total. The lowest BCUT2D eigenvalue weighted by Crippen LogP contribution is -2.33. The van der Waals surface area contributed by atoms with Crippen molar-refractivity contribution in [3.8, 4) is 11.3 Å². The van der Waals surface area contributed by atoms with Gasteiger partial charge in [0.2, 0.25) is 0 Å². The number of aromatic carboxylic acids is 1. The van der Waals surface area contributed by atoms with Gasteiger partial charge in [-0.25, -0.2) is 4.79 Å². The summed E-state index contributed by atoms with van der Waals surface area (Å²) < 4.78 is 6.46. The van der Waals surface area contributed by atoms with Crippen LogP contribution in [0, 0.1) is 5.92 Å². The highest BCUT2D eigenvalue weighted by atomic mass is 32.2. The predicted octanol–water partition coefficient (Wildman–Crippen LogP) is 5.43. The number of hydrogen-bond donors (Lipinski definition) is 1. The first-order chi connectivity index (χ1) is 14.0. The molecule has 0 unspecified atom stereocenters. The third kappa shape index (κ3) is 4.46. The number of amides is 1. The third-order valence-electron chi connectivity index (χ3n) is 5.36. The highest BCUT2D eigenvalue weighted by molar-refractivity contribution is 8.26. The Balaban J connectivity index is 1.47. The first kappa shape index (κ1) is 19.9. The maximum absolute atomic E-state index is 12.8. The van der Waals surface area contributed by atoms with Crippen LogP contribution in [0.4, 0.5) is 0 Å². The molecule has 1 aliphatic heterocycles. The summed E-state index contributed by atoms with van der Waals surface area (Å²) in [5.41, 5.74) is 1.00. The second-order valence-corrected chi connectivity index (χ2v) is 9.06. The molecule has 2 fully saturated rings. The number of carboxylic acid groups (broad SMARTS) is 1. The van der Waals surface area contributed by atoms with E-state index in [0.717, 1.165) is 18.4 Å². The van der Waals surface area contributed by atoms with E-state index in [4.69, 9.17) is 21.7 Å². The second-order valence-electron chi connectivity index (χ2n) is 7.38. The highest BCUT2D eigenvalue weighted by Gasteiger charge is 2.34. The lowest BCUT2D eigenvalue weighted by Gasteiger charge is -2.26. The van der Waals surface area contributed by atoms with Crippen molar-refractivity contribution in [3.05, 3.63) is 52.6 Å². The van der Waals surface area contributed by atoms with Crippen LogP contribution >= 0.6 is 24.0 Å². The molecule has 1 aromatic carbocycles. The molecular weight excluding hydrogens is 406 g/mol. The normalized spacial score (nSPS) is 19.3. The molecule has 150 valence electrons. The molecule has 0 bridgehead atoms. The van der Waals surface area contributed by atoms with Gasteiger partial charge >= 0.3 is 5.97 Å². The zero-order valence-electron chi connectivity index (χ0n) is 15.8. The van der Waals surface area contributed by atoms with Crippen molar-refractivity contribution in [1.29, 1.82) is 0 Å². The first-order valence-electron chi connectivity index (χ1n) is 9.70. The number of carbonyl (C=O) groups excluding carboxylic acids is 1. The standard InChI is InChI=1S/C22H21NO4S2/c24-20-19(29-22(28)23(20)13-14-4-2-1-3-5-14)12-17-10-11-18(27-17)15-6-8-16(9-7-15)21(25)26/h6-12,14H,1-5,13H2,(H,25,26)/b19-12-. The van der Waals surface area contributed by atoms with E-state index in [1.54, 1.807) is 29.2 Å². The predicted molar refractivity (Wildman–Crippen MR) is 118 cm³/mol. The van der Waals surface area contributed by atoms with Gasteiger partial charge in [0.1, 0.15) is 15.8 Å². The van der Waals surface area contributed by atoms with Crippen molar-refractivity contribution >= 4 is 46.3 Å². The molecule has 1 saturated carbocycles. The van der Waals surface area contributed by atoms with Crippen LogP contribution < -0.4 is 0 Å². The van der Waals surface area contributed by atoms with Crippen LogP contribution in [0.1, 0.15) is 48.2 Å². The van der Waals surface area contributed by atoms with Gasteiger partial charge in [-0.15, -0.1) is 0 Å². The van der Waals surface area contributed by atoms with Crippen LogP contribution in [-0.2, 0) is 4.79 Å². The number of carboxylic acids is 1. The summed E-state index contributed by atoms with van der Waals surface area (Å²) >= 11 is 6.76. The lowest BCUT2D eigenvalue weighted by atomic mass is 9.89. The Morgan fingerprint density at radius 2 is 1.90 bits per heavy atom. The van der Waals surface area contributed by atoms with Crippen molar-refractivity contribution in [2.45, 2.75) is 32.1 Å². The summed E-state index contributed by atoms with van der Waals surface area (Å²) in [5, 5.41) is 9.00. The average Bonchev–Trinajstić information content (AvgIpc) is 3.29. The third-order valence-corrected chi connectivity index (χ3v) is 6.73. The minimum Gasteiger partial charge on any atom is -0.478 e. The Morgan fingerprint density at radius 1 is 1.17 bits per heavy atom. The molecule has 0 atom stereocenters. The Hall–Kier alpha value is -2.38. The minimum atomic E-state index is -0.966. The number of hydrogen-bond acceptors (Lipinski definition) is 5. The first-order valence-corrected chi connectivity index (χ1v) is 10.9. The molecule has 29 heavy (non-hydrogen) atoms. The fraction of sp³-hybridized carbons (Fsp3) is 0.318. The fourth-order valence-electron chi connectivity index (χ4n) is 3.78. The molecule has 1 N–H and O–H groups in total. The maximum atomic E-state index is 12.8. The summed E-state index contributed by atoms with van der Waals surface area (Å²) in [6.45, 7) is 0.710. The number of carbonyl (C=O) groups is 2. The molecular formula is C22H21NO4S2. The van der Waals surface area contributed by atoms with Crippen LogP contribution in [0.5, 0.6) is 0 Å². The molecule has 1 aromatic heterocycles. The zero-order valence-corrected chi connectivity index (χ0v) is 17.4. The molecule has 1 aliphatic carbocycles. The van der Waals surface area contributed by atoms with Crippen molar-refractivity contribution in [1.82, 2.24) is 4.90 Å². The molecule has 2 aliphatic rings. The topological polar surface area (TPSA) is 70.8 Å². The van der Waals surface area contributed by atoms with Gasteiger partial charge in [-0.1, -0.05) is 55.4 Å².